The molecule has 0 saturated carbocycles. The van der Waals surface area contributed by atoms with Crippen molar-refractivity contribution in [3.8, 4) is 0 Å². The number of morpholine rings is 1. The van der Waals surface area contributed by atoms with Gasteiger partial charge in [0.1, 0.15) is 0 Å². The summed E-state index contributed by atoms with van der Waals surface area (Å²) in [7, 11) is 0. The highest BCUT2D eigenvalue weighted by atomic mass is 19.4. The third-order valence-corrected chi connectivity index (χ3v) is 3.07. The summed E-state index contributed by atoms with van der Waals surface area (Å²) < 4.78 is 42.9. The zero-order chi connectivity index (χ0) is 16.0. The van der Waals surface area contributed by atoms with Crippen LogP contribution in [0.2, 0.25) is 0 Å². The van der Waals surface area contributed by atoms with Gasteiger partial charge in [0.15, 0.2) is 0 Å². The molecule has 1 aliphatic rings. The van der Waals surface area contributed by atoms with Crippen LogP contribution in [0.1, 0.15) is 13.8 Å². The van der Waals surface area contributed by atoms with Crippen molar-refractivity contribution >= 4 is 5.97 Å². The van der Waals surface area contributed by atoms with Crippen LogP contribution in [0.3, 0.4) is 0 Å². The number of hydrogen-bond donors (Lipinski definition) is 1. The Morgan fingerprint density at radius 1 is 1.48 bits per heavy atom. The van der Waals surface area contributed by atoms with Gasteiger partial charge in [-0.2, -0.15) is 13.2 Å². The maximum atomic E-state index is 12.5. The summed E-state index contributed by atoms with van der Waals surface area (Å²) in [5.41, 5.74) is 0. The lowest BCUT2D eigenvalue weighted by Crippen LogP contribution is -2.50. The number of halogens is 3. The van der Waals surface area contributed by atoms with Crippen LogP contribution < -0.4 is 0 Å². The Kier molecular flexibility index (Phi) is 6.89. The maximum absolute atomic E-state index is 12.5. The fraction of sp³-hybridized carbons (Fsp3) is 0.923. The summed E-state index contributed by atoms with van der Waals surface area (Å²) in [6.07, 6.45) is -4.80. The van der Waals surface area contributed by atoms with Crippen LogP contribution in [0.5, 0.6) is 0 Å². The van der Waals surface area contributed by atoms with Gasteiger partial charge < -0.3 is 9.84 Å². The van der Waals surface area contributed by atoms with Crippen molar-refractivity contribution in [3.63, 3.8) is 0 Å². The van der Waals surface area contributed by atoms with Crippen LogP contribution in [-0.2, 0) is 9.53 Å². The van der Waals surface area contributed by atoms with Gasteiger partial charge >= 0.3 is 12.1 Å². The summed E-state index contributed by atoms with van der Waals surface area (Å²) in [6.45, 7) is 4.87. The molecule has 0 radical (unpaired) electrons. The monoisotopic (exact) mass is 312 g/mol. The smallest absolute Gasteiger partial charge is 0.401 e. The number of rotatable bonds is 7. The highest BCUT2D eigenvalue weighted by molar-refractivity contribution is 5.69. The maximum Gasteiger partial charge on any atom is 0.401 e. The minimum atomic E-state index is -4.41. The molecule has 1 atom stereocenters. The van der Waals surface area contributed by atoms with E-state index in [4.69, 9.17) is 9.84 Å². The molecule has 1 unspecified atom stereocenters. The second-order valence-corrected chi connectivity index (χ2v) is 5.82. The van der Waals surface area contributed by atoms with Crippen molar-refractivity contribution in [2.75, 3.05) is 45.9 Å². The van der Waals surface area contributed by atoms with Gasteiger partial charge in [0.2, 0.25) is 0 Å². The van der Waals surface area contributed by atoms with Crippen LogP contribution >= 0.6 is 0 Å². The Labute approximate surface area is 122 Å². The molecule has 0 bridgehead atoms. The molecule has 1 rings (SSSR count). The average molecular weight is 312 g/mol. The van der Waals surface area contributed by atoms with Gasteiger partial charge in [-0.05, 0) is 5.92 Å². The normalized spacial score (nSPS) is 21.2. The Morgan fingerprint density at radius 3 is 2.67 bits per heavy atom. The Morgan fingerprint density at radius 2 is 2.14 bits per heavy atom. The van der Waals surface area contributed by atoms with Gasteiger partial charge in [0.05, 0.1) is 25.8 Å². The van der Waals surface area contributed by atoms with Crippen molar-refractivity contribution in [2.45, 2.75) is 26.1 Å². The topological polar surface area (TPSA) is 53.0 Å². The highest BCUT2D eigenvalue weighted by Crippen LogP contribution is 2.17. The van der Waals surface area contributed by atoms with Crippen molar-refractivity contribution in [1.82, 2.24) is 9.80 Å². The lowest BCUT2D eigenvalue weighted by Gasteiger charge is -2.36. The quantitative estimate of drug-likeness (QED) is 0.768. The van der Waals surface area contributed by atoms with Gasteiger partial charge in [-0.3, -0.25) is 14.6 Å². The molecular weight excluding hydrogens is 289 g/mol. The SMILES string of the molecule is CC(C)CN1CCOC(CN(CC(=O)O)CC(F)(F)F)C1. The predicted molar refractivity (Wildman–Crippen MR) is 71.1 cm³/mol. The van der Waals surface area contributed by atoms with Crippen molar-refractivity contribution in [3.05, 3.63) is 0 Å². The van der Waals surface area contributed by atoms with Crippen LogP contribution in [-0.4, -0.2) is 79.0 Å². The molecule has 0 spiro atoms. The number of nitrogens with zero attached hydrogens (tertiary/aromatic N) is 2. The van der Waals surface area contributed by atoms with E-state index in [1.165, 1.54) is 0 Å². The third-order valence-electron chi connectivity index (χ3n) is 3.07. The first-order valence-electron chi connectivity index (χ1n) is 7.00. The van der Waals surface area contributed by atoms with Crippen molar-refractivity contribution in [1.29, 1.82) is 0 Å². The molecule has 0 aliphatic carbocycles. The number of carbonyl (C=O) groups is 1. The summed E-state index contributed by atoms with van der Waals surface area (Å²) in [5.74, 6) is -0.803. The van der Waals surface area contributed by atoms with Crippen LogP contribution in [0.4, 0.5) is 13.2 Å². The fourth-order valence-corrected chi connectivity index (χ4v) is 2.49. The lowest BCUT2D eigenvalue weighted by molar-refractivity contribution is -0.158. The van der Waals surface area contributed by atoms with E-state index in [0.29, 0.717) is 19.1 Å². The molecule has 8 heteroatoms. The number of carboxylic acid groups (broad SMARTS) is 1. The van der Waals surface area contributed by atoms with Crippen LogP contribution in [0.15, 0.2) is 0 Å². The average Bonchev–Trinajstić information content (AvgIpc) is 2.24. The minimum absolute atomic E-state index is 0.0274. The summed E-state index contributed by atoms with van der Waals surface area (Å²) in [6, 6.07) is 0. The second kappa shape index (κ2) is 7.95. The first-order valence-corrected chi connectivity index (χ1v) is 7.00. The number of hydrogen-bond acceptors (Lipinski definition) is 4. The number of alkyl halides is 3. The molecule has 0 aromatic carbocycles. The molecule has 1 aliphatic heterocycles. The molecule has 1 saturated heterocycles. The molecule has 5 nitrogen and oxygen atoms in total. The van der Waals surface area contributed by atoms with Gasteiger partial charge in [-0.25, -0.2) is 0 Å². The second-order valence-electron chi connectivity index (χ2n) is 5.82. The summed E-state index contributed by atoms with van der Waals surface area (Å²) in [5, 5.41) is 8.72. The fourth-order valence-electron chi connectivity index (χ4n) is 2.49. The molecule has 0 amide bonds. The zero-order valence-corrected chi connectivity index (χ0v) is 12.4. The van der Waals surface area contributed by atoms with E-state index in [-0.39, 0.29) is 12.6 Å². The van der Waals surface area contributed by atoms with E-state index < -0.39 is 25.2 Å². The highest BCUT2D eigenvalue weighted by Gasteiger charge is 2.33. The standard InChI is InChI=1S/C13H23F3N2O3/c1-10(2)5-17-3-4-21-11(6-17)7-18(8-12(19)20)9-13(14,15)16/h10-11H,3-9H2,1-2H3,(H,19,20). The van der Waals surface area contributed by atoms with Gasteiger partial charge in [-0.15, -0.1) is 0 Å². The number of aliphatic carboxylic acids is 1. The van der Waals surface area contributed by atoms with E-state index in [0.717, 1.165) is 18.0 Å². The van der Waals surface area contributed by atoms with Crippen LogP contribution in [0, 0.1) is 5.92 Å². The van der Waals surface area contributed by atoms with Gasteiger partial charge in [0.25, 0.3) is 0 Å². The van der Waals surface area contributed by atoms with Gasteiger partial charge in [0, 0.05) is 26.2 Å². The molecule has 0 aromatic rings. The Bertz CT molecular complexity index is 337. The Hall–Kier alpha value is -0.860. The molecular formula is C13H23F3N2O3. The zero-order valence-electron chi connectivity index (χ0n) is 12.4. The third kappa shape index (κ3) is 8.23. The van der Waals surface area contributed by atoms with Crippen LogP contribution in [0.25, 0.3) is 0 Å². The first-order chi connectivity index (χ1) is 9.65. The van der Waals surface area contributed by atoms with E-state index >= 15 is 0 Å². The van der Waals surface area contributed by atoms with Crippen molar-refractivity contribution in [2.24, 2.45) is 5.92 Å². The molecule has 0 aromatic heterocycles. The Balaban J connectivity index is 2.54. The summed E-state index contributed by atoms with van der Waals surface area (Å²) in [4.78, 5) is 13.7. The van der Waals surface area contributed by atoms with Gasteiger partial charge in [-0.1, -0.05) is 13.8 Å². The summed E-state index contributed by atoms with van der Waals surface area (Å²) >= 11 is 0. The largest absolute Gasteiger partial charge is 0.480 e. The molecule has 21 heavy (non-hydrogen) atoms. The van der Waals surface area contributed by atoms with E-state index in [2.05, 4.69) is 18.7 Å². The molecule has 1 N–H and O–H groups in total. The number of carboxylic acids is 1. The molecule has 124 valence electrons. The molecule has 1 fully saturated rings. The van der Waals surface area contributed by atoms with E-state index in [9.17, 15) is 18.0 Å². The van der Waals surface area contributed by atoms with E-state index in [1.807, 2.05) is 0 Å². The molecule has 1 heterocycles. The minimum Gasteiger partial charge on any atom is -0.480 e. The predicted octanol–water partition coefficient (Wildman–Crippen LogP) is 1.29. The first kappa shape index (κ1) is 18.2. The van der Waals surface area contributed by atoms with E-state index in [1.54, 1.807) is 0 Å². The lowest BCUT2D eigenvalue weighted by atomic mass is 10.1. The number of ether oxygens (including phenoxy) is 1. The van der Waals surface area contributed by atoms with Crippen molar-refractivity contribution < 1.29 is 27.8 Å².